The van der Waals surface area contributed by atoms with E-state index in [2.05, 4.69) is 5.32 Å². The van der Waals surface area contributed by atoms with E-state index in [1.165, 1.54) is 0 Å². The van der Waals surface area contributed by atoms with Gasteiger partial charge in [0, 0.05) is 44.4 Å². The lowest BCUT2D eigenvalue weighted by atomic mass is 9.98. The summed E-state index contributed by atoms with van der Waals surface area (Å²) in [5.41, 5.74) is 0.408. The second-order valence-corrected chi connectivity index (χ2v) is 9.51. The lowest BCUT2D eigenvalue weighted by molar-refractivity contribution is -0.134. The maximum Gasteiger partial charge on any atom is 0.257 e. The van der Waals surface area contributed by atoms with Gasteiger partial charge in [-0.1, -0.05) is 26.0 Å². The molecule has 0 aliphatic carbocycles. The fourth-order valence-corrected chi connectivity index (χ4v) is 5.10. The summed E-state index contributed by atoms with van der Waals surface area (Å²) in [5, 5.41) is 3.03. The van der Waals surface area contributed by atoms with Crippen molar-refractivity contribution in [3.05, 3.63) is 29.8 Å². The van der Waals surface area contributed by atoms with Crippen LogP contribution in [0.2, 0.25) is 0 Å². The van der Waals surface area contributed by atoms with Crippen molar-refractivity contribution in [3.63, 3.8) is 0 Å². The number of amides is 4. The standard InChI is InChI=1S/C24H32N4O4/c1-16(2)22(31)25-17-7-6-13-26(15-17)20(29)11-14-27-23(32)18-8-4-5-9-19(18)28-21(30)10-12-24(27,28)3/h4-5,8-9,16-17H,6-7,10-15H2,1-3H3,(H,25,31)/t17-,24+/m1/s1. The molecule has 172 valence electrons. The molecular weight excluding hydrogens is 408 g/mol. The first-order valence-corrected chi connectivity index (χ1v) is 11.5. The minimum Gasteiger partial charge on any atom is -0.351 e. The van der Waals surface area contributed by atoms with Crippen molar-refractivity contribution >= 4 is 29.3 Å². The van der Waals surface area contributed by atoms with Gasteiger partial charge in [-0.25, -0.2) is 0 Å². The third kappa shape index (κ3) is 3.87. The van der Waals surface area contributed by atoms with Crippen LogP contribution in [-0.4, -0.2) is 64.8 Å². The van der Waals surface area contributed by atoms with Crippen molar-refractivity contribution in [1.82, 2.24) is 15.1 Å². The van der Waals surface area contributed by atoms with Crippen LogP contribution in [0.4, 0.5) is 5.69 Å². The Morgan fingerprint density at radius 2 is 1.97 bits per heavy atom. The molecule has 3 aliphatic rings. The van der Waals surface area contributed by atoms with Crippen molar-refractivity contribution < 1.29 is 19.2 Å². The summed E-state index contributed by atoms with van der Waals surface area (Å²) in [6.45, 7) is 7.03. The Morgan fingerprint density at radius 1 is 1.22 bits per heavy atom. The Kier molecular flexibility index (Phi) is 5.97. The van der Waals surface area contributed by atoms with Gasteiger partial charge in [0.2, 0.25) is 17.7 Å². The van der Waals surface area contributed by atoms with E-state index in [9.17, 15) is 19.2 Å². The predicted octanol–water partition coefficient (Wildman–Crippen LogP) is 2.14. The number of rotatable bonds is 5. The Hall–Kier alpha value is -2.90. The number of anilines is 1. The van der Waals surface area contributed by atoms with E-state index in [1.807, 2.05) is 32.9 Å². The molecule has 0 saturated carbocycles. The van der Waals surface area contributed by atoms with Gasteiger partial charge in [0.1, 0.15) is 5.66 Å². The summed E-state index contributed by atoms with van der Waals surface area (Å²) >= 11 is 0. The van der Waals surface area contributed by atoms with Crippen molar-refractivity contribution in [2.75, 3.05) is 24.5 Å². The van der Waals surface area contributed by atoms with Crippen LogP contribution in [0.3, 0.4) is 0 Å². The molecule has 4 rings (SSSR count). The average Bonchev–Trinajstić information content (AvgIpc) is 3.08. The van der Waals surface area contributed by atoms with Crippen molar-refractivity contribution in [1.29, 1.82) is 0 Å². The number of carbonyl (C=O) groups excluding carboxylic acids is 4. The van der Waals surface area contributed by atoms with E-state index in [4.69, 9.17) is 0 Å². The fourth-order valence-electron chi connectivity index (χ4n) is 5.10. The maximum absolute atomic E-state index is 13.3. The van der Waals surface area contributed by atoms with Gasteiger partial charge >= 0.3 is 0 Å². The number of fused-ring (bicyclic) bond motifs is 3. The molecule has 1 aromatic carbocycles. The number of para-hydroxylation sites is 1. The highest BCUT2D eigenvalue weighted by Gasteiger charge is 2.52. The number of likely N-dealkylation sites (tertiary alicyclic amines) is 1. The molecule has 3 aliphatic heterocycles. The SMILES string of the molecule is CC(C)C(=O)N[C@@H]1CCCN(C(=O)CCN2C(=O)c3ccccc3N3C(=O)CC[C@@]23C)C1. The van der Waals surface area contributed by atoms with Crippen LogP contribution >= 0.6 is 0 Å². The van der Waals surface area contributed by atoms with E-state index in [1.54, 1.807) is 26.8 Å². The summed E-state index contributed by atoms with van der Waals surface area (Å²) in [6.07, 6.45) is 2.82. The number of hydrogen-bond acceptors (Lipinski definition) is 4. The van der Waals surface area contributed by atoms with Crippen LogP contribution < -0.4 is 10.2 Å². The second kappa shape index (κ2) is 8.56. The fraction of sp³-hybridized carbons (Fsp3) is 0.583. The molecule has 0 radical (unpaired) electrons. The summed E-state index contributed by atoms with van der Waals surface area (Å²) in [5.74, 6) is -0.251. The quantitative estimate of drug-likeness (QED) is 0.760. The molecule has 2 saturated heterocycles. The third-order valence-electron chi connectivity index (χ3n) is 6.94. The van der Waals surface area contributed by atoms with Crippen LogP contribution in [-0.2, 0) is 14.4 Å². The summed E-state index contributed by atoms with van der Waals surface area (Å²) in [7, 11) is 0. The monoisotopic (exact) mass is 440 g/mol. The second-order valence-electron chi connectivity index (χ2n) is 9.51. The van der Waals surface area contributed by atoms with Gasteiger partial charge in [0.15, 0.2) is 0 Å². The molecule has 0 unspecified atom stereocenters. The molecule has 8 heteroatoms. The molecule has 3 heterocycles. The smallest absolute Gasteiger partial charge is 0.257 e. The first kappa shape index (κ1) is 22.3. The highest BCUT2D eigenvalue weighted by molar-refractivity contribution is 6.10. The van der Waals surface area contributed by atoms with Gasteiger partial charge in [0.05, 0.1) is 11.3 Å². The number of nitrogens with zero attached hydrogens (tertiary/aromatic N) is 3. The lowest BCUT2D eigenvalue weighted by Crippen LogP contribution is -2.62. The molecule has 1 N–H and O–H groups in total. The molecular formula is C24H32N4O4. The van der Waals surface area contributed by atoms with Crippen LogP contribution in [0.15, 0.2) is 24.3 Å². The molecule has 1 aromatic rings. The maximum atomic E-state index is 13.3. The zero-order valence-electron chi connectivity index (χ0n) is 19.1. The van der Waals surface area contributed by atoms with Crippen LogP contribution in [0.1, 0.15) is 63.2 Å². The summed E-state index contributed by atoms with van der Waals surface area (Å²) in [6, 6.07) is 7.15. The largest absolute Gasteiger partial charge is 0.351 e. The Labute approximate surface area is 188 Å². The summed E-state index contributed by atoms with van der Waals surface area (Å²) in [4.78, 5) is 56.2. The Morgan fingerprint density at radius 3 is 2.72 bits per heavy atom. The van der Waals surface area contributed by atoms with Gasteiger partial charge in [-0.15, -0.1) is 0 Å². The number of hydrogen-bond donors (Lipinski definition) is 1. The van der Waals surface area contributed by atoms with Crippen LogP contribution in [0.5, 0.6) is 0 Å². The minimum absolute atomic E-state index is 0.000736. The van der Waals surface area contributed by atoms with Gasteiger partial charge in [-0.05, 0) is 38.3 Å². The Balaban J connectivity index is 1.45. The van der Waals surface area contributed by atoms with Gasteiger partial charge in [-0.3, -0.25) is 24.1 Å². The molecule has 0 aromatic heterocycles. The number of benzene rings is 1. The molecule has 8 nitrogen and oxygen atoms in total. The number of carbonyl (C=O) groups is 4. The number of piperidine rings is 1. The van der Waals surface area contributed by atoms with E-state index in [0.717, 1.165) is 12.8 Å². The summed E-state index contributed by atoms with van der Waals surface area (Å²) < 4.78 is 0. The molecule has 0 spiro atoms. The highest BCUT2D eigenvalue weighted by Crippen LogP contribution is 2.44. The van der Waals surface area contributed by atoms with Gasteiger partial charge < -0.3 is 15.1 Å². The zero-order chi connectivity index (χ0) is 23.0. The first-order chi connectivity index (χ1) is 15.2. The zero-order valence-corrected chi connectivity index (χ0v) is 19.1. The average molecular weight is 441 g/mol. The van der Waals surface area contributed by atoms with Gasteiger partial charge in [0.25, 0.3) is 5.91 Å². The van der Waals surface area contributed by atoms with E-state index < -0.39 is 5.66 Å². The van der Waals surface area contributed by atoms with Crippen molar-refractivity contribution in [2.24, 2.45) is 5.92 Å². The highest BCUT2D eigenvalue weighted by atomic mass is 16.2. The van der Waals surface area contributed by atoms with Crippen LogP contribution in [0.25, 0.3) is 0 Å². The lowest BCUT2D eigenvalue weighted by Gasteiger charge is -2.48. The number of nitrogens with one attached hydrogen (secondary N) is 1. The molecule has 4 amide bonds. The van der Waals surface area contributed by atoms with E-state index in [-0.39, 0.29) is 48.6 Å². The minimum atomic E-state index is -0.752. The molecule has 0 bridgehead atoms. The predicted molar refractivity (Wildman–Crippen MR) is 120 cm³/mol. The molecule has 2 atom stereocenters. The van der Waals surface area contributed by atoms with Crippen molar-refractivity contribution in [3.8, 4) is 0 Å². The van der Waals surface area contributed by atoms with Crippen LogP contribution in [0, 0.1) is 5.92 Å². The van der Waals surface area contributed by atoms with E-state index >= 15 is 0 Å². The molecule has 32 heavy (non-hydrogen) atoms. The third-order valence-corrected chi connectivity index (χ3v) is 6.94. The van der Waals surface area contributed by atoms with Gasteiger partial charge in [-0.2, -0.15) is 0 Å². The molecule has 2 fully saturated rings. The van der Waals surface area contributed by atoms with E-state index in [0.29, 0.717) is 37.2 Å². The normalized spacial score (nSPS) is 25.1. The Bertz CT molecular complexity index is 946. The first-order valence-electron chi connectivity index (χ1n) is 11.5. The topological polar surface area (TPSA) is 90.0 Å². The van der Waals surface area contributed by atoms with Crippen molar-refractivity contribution in [2.45, 2.75) is 64.6 Å².